The Kier molecular flexibility index (Phi) is 3.51. The molecular weight excluding hydrogens is 366 g/mol. The van der Waals surface area contributed by atoms with Crippen LogP contribution in [0.5, 0.6) is 0 Å². The Morgan fingerprint density at radius 3 is 2.47 bits per heavy atom. The van der Waals surface area contributed by atoms with Crippen LogP contribution >= 0.6 is 0 Å². The standard InChI is InChI=1S/C28H25NO/c1-5-16(2)17-12-13-22-18(14-17)15-21-27(29-22)19-8-6-10-23-25(19)26-20(28(21,3)4)9-7-11-24(26)30-23/h6-16H,5H2,1-4H3. The number of hydrogen-bond acceptors (Lipinski definition) is 2. The molecule has 0 fully saturated rings. The zero-order chi connectivity index (χ0) is 20.6. The van der Waals surface area contributed by atoms with Gasteiger partial charge in [0.2, 0.25) is 0 Å². The van der Waals surface area contributed by atoms with Crippen LogP contribution in [0, 0.1) is 0 Å². The third kappa shape index (κ3) is 2.22. The maximum Gasteiger partial charge on any atom is 0.136 e. The third-order valence-electron chi connectivity index (χ3n) is 7.14. The molecule has 3 aromatic carbocycles. The molecule has 1 aliphatic carbocycles. The molecule has 0 saturated heterocycles. The molecule has 5 aromatic rings. The molecule has 2 aromatic heterocycles. The number of hydrogen-bond donors (Lipinski definition) is 0. The van der Waals surface area contributed by atoms with Crippen molar-refractivity contribution in [3.63, 3.8) is 0 Å². The third-order valence-corrected chi connectivity index (χ3v) is 7.14. The molecule has 6 rings (SSSR count). The van der Waals surface area contributed by atoms with Crippen molar-refractivity contribution in [1.29, 1.82) is 0 Å². The minimum Gasteiger partial charge on any atom is -0.456 e. The van der Waals surface area contributed by atoms with Crippen LogP contribution in [0.15, 0.2) is 65.1 Å². The van der Waals surface area contributed by atoms with E-state index in [-0.39, 0.29) is 5.41 Å². The molecule has 2 heterocycles. The van der Waals surface area contributed by atoms with E-state index < -0.39 is 0 Å². The number of benzene rings is 3. The zero-order valence-electron chi connectivity index (χ0n) is 17.9. The first-order chi connectivity index (χ1) is 14.5. The second-order valence-corrected chi connectivity index (χ2v) is 9.23. The van der Waals surface area contributed by atoms with Gasteiger partial charge in [0, 0.05) is 27.1 Å². The molecule has 1 aliphatic rings. The average molecular weight is 392 g/mol. The van der Waals surface area contributed by atoms with Gasteiger partial charge in [0.15, 0.2) is 0 Å². The Labute approximate surface area is 176 Å². The Morgan fingerprint density at radius 2 is 1.67 bits per heavy atom. The summed E-state index contributed by atoms with van der Waals surface area (Å²) in [6.07, 6.45) is 1.14. The van der Waals surface area contributed by atoms with E-state index >= 15 is 0 Å². The van der Waals surface area contributed by atoms with E-state index in [4.69, 9.17) is 9.40 Å². The van der Waals surface area contributed by atoms with Gasteiger partial charge in [-0.1, -0.05) is 58.0 Å². The highest BCUT2D eigenvalue weighted by Gasteiger charge is 2.34. The van der Waals surface area contributed by atoms with E-state index in [0.29, 0.717) is 5.92 Å². The zero-order valence-corrected chi connectivity index (χ0v) is 17.9. The molecule has 0 aliphatic heterocycles. The summed E-state index contributed by atoms with van der Waals surface area (Å²) < 4.78 is 6.23. The van der Waals surface area contributed by atoms with E-state index in [9.17, 15) is 0 Å². The van der Waals surface area contributed by atoms with E-state index in [1.807, 2.05) is 0 Å². The number of aromatic nitrogens is 1. The van der Waals surface area contributed by atoms with E-state index in [0.717, 1.165) is 28.8 Å². The lowest BCUT2D eigenvalue weighted by Gasteiger charge is -2.28. The van der Waals surface area contributed by atoms with Crippen LogP contribution < -0.4 is 0 Å². The SMILES string of the molecule is CCC(C)c1ccc2nc3c(cc2c1)C(C)(C)c1cccc2oc4cccc-3c4c12. The fourth-order valence-corrected chi connectivity index (χ4v) is 5.15. The molecule has 0 spiro atoms. The molecule has 0 amide bonds. The lowest BCUT2D eigenvalue weighted by atomic mass is 9.76. The van der Waals surface area contributed by atoms with Crippen molar-refractivity contribution in [3.05, 3.63) is 77.4 Å². The van der Waals surface area contributed by atoms with Gasteiger partial charge >= 0.3 is 0 Å². The van der Waals surface area contributed by atoms with Gasteiger partial charge in [-0.05, 0) is 59.4 Å². The molecule has 30 heavy (non-hydrogen) atoms. The predicted molar refractivity (Wildman–Crippen MR) is 125 cm³/mol. The minimum atomic E-state index is -0.182. The lowest BCUT2D eigenvalue weighted by molar-refractivity contribution is 0.642. The van der Waals surface area contributed by atoms with Crippen molar-refractivity contribution in [3.8, 4) is 11.3 Å². The fraction of sp³-hybridized carbons (Fsp3) is 0.250. The number of nitrogens with zero attached hydrogens (tertiary/aromatic N) is 1. The van der Waals surface area contributed by atoms with Crippen molar-refractivity contribution in [2.24, 2.45) is 0 Å². The Hall–Kier alpha value is -3.13. The van der Waals surface area contributed by atoms with Gasteiger partial charge in [-0.15, -0.1) is 0 Å². The molecule has 148 valence electrons. The van der Waals surface area contributed by atoms with Crippen molar-refractivity contribution < 1.29 is 4.42 Å². The maximum atomic E-state index is 6.23. The summed E-state index contributed by atoms with van der Waals surface area (Å²) >= 11 is 0. The summed E-state index contributed by atoms with van der Waals surface area (Å²) in [4.78, 5) is 5.23. The summed E-state index contributed by atoms with van der Waals surface area (Å²) in [6.45, 7) is 9.18. The Morgan fingerprint density at radius 1 is 0.900 bits per heavy atom. The molecule has 1 atom stereocenters. The highest BCUT2D eigenvalue weighted by molar-refractivity contribution is 6.15. The first-order valence-corrected chi connectivity index (χ1v) is 10.9. The molecule has 2 heteroatoms. The largest absolute Gasteiger partial charge is 0.456 e. The number of fused-ring (bicyclic) bond motifs is 3. The van der Waals surface area contributed by atoms with Crippen molar-refractivity contribution >= 4 is 32.8 Å². The van der Waals surface area contributed by atoms with Gasteiger partial charge in [0.05, 0.1) is 11.2 Å². The van der Waals surface area contributed by atoms with Gasteiger partial charge in [0.25, 0.3) is 0 Å². The lowest BCUT2D eigenvalue weighted by Crippen LogP contribution is -2.20. The van der Waals surface area contributed by atoms with Crippen LogP contribution in [-0.4, -0.2) is 4.98 Å². The highest BCUT2D eigenvalue weighted by Crippen LogP contribution is 2.49. The number of furan rings is 1. The monoisotopic (exact) mass is 391 g/mol. The second kappa shape index (κ2) is 5.95. The normalized spacial score (nSPS) is 15.6. The van der Waals surface area contributed by atoms with Crippen molar-refractivity contribution in [2.75, 3.05) is 0 Å². The van der Waals surface area contributed by atoms with Gasteiger partial charge in [-0.2, -0.15) is 0 Å². The molecular formula is C28H25NO. The summed E-state index contributed by atoms with van der Waals surface area (Å²) in [7, 11) is 0. The summed E-state index contributed by atoms with van der Waals surface area (Å²) in [5.41, 5.74) is 9.00. The molecule has 0 bridgehead atoms. The smallest absolute Gasteiger partial charge is 0.136 e. The van der Waals surface area contributed by atoms with Gasteiger partial charge in [0.1, 0.15) is 11.2 Å². The first kappa shape index (κ1) is 17.7. The number of rotatable bonds is 2. The molecule has 0 radical (unpaired) electrons. The second-order valence-electron chi connectivity index (χ2n) is 9.23. The molecule has 1 unspecified atom stereocenters. The van der Waals surface area contributed by atoms with Crippen LogP contribution in [0.1, 0.15) is 56.7 Å². The van der Waals surface area contributed by atoms with Gasteiger partial charge < -0.3 is 4.42 Å². The molecule has 0 saturated carbocycles. The summed E-state index contributed by atoms with van der Waals surface area (Å²) in [5, 5.41) is 3.65. The summed E-state index contributed by atoms with van der Waals surface area (Å²) in [5.74, 6) is 0.551. The molecule has 2 nitrogen and oxygen atoms in total. The summed E-state index contributed by atoms with van der Waals surface area (Å²) in [6, 6.07) is 21.9. The van der Waals surface area contributed by atoms with Crippen LogP contribution in [-0.2, 0) is 5.41 Å². The van der Waals surface area contributed by atoms with Gasteiger partial charge in [-0.25, -0.2) is 4.98 Å². The minimum absolute atomic E-state index is 0.182. The van der Waals surface area contributed by atoms with E-state index in [2.05, 4.69) is 88.4 Å². The van der Waals surface area contributed by atoms with E-state index in [1.54, 1.807) is 0 Å². The highest BCUT2D eigenvalue weighted by atomic mass is 16.3. The quantitative estimate of drug-likeness (QED) is 0.305. The first-order valence-electron chi connectivity index (χ1n) is 10.9. The predicted octanol–water partition coefficient (Wildman–Crippen LogP) is 7.95. The topological polar surface area (TPSA) is 26.0 Å². The van der Waals surface area contributed by atoms with E-state index in [1.165, 1.54) is 38.4 Å². The van der Waals surface area contributed by atoms with Crippen molar-refractivity contribution in [2.45, 2.75) is 45.4 Å². The van der Waals surface area contributed by atoms with Crippen LogP contribution in [0.25, 0.3) is 44.1 Å². The molecule has 0 N–H and O–H groups in total. The van der Waals surface area contributed by atoms with Crippen LogP contribution in [0.4, 0.5) is 0 Å². The Bertz CT molecular complexity index is 1470. The Balaban J connectivity index is 1.77. The van der Waals surface area contributed by atoms with Crippen LogP contribution in [0.2, 0.25) is 0 Å². The fourth-order valence-electron chi connectivity index (χ4n) is 5.15. The maximum absolute atomic E-state index is 6.23. The van der Waals surface area contributed by atoms with Crippen molar-refractivity contribution in [1.82, 2.24) is 4.98 Å². The number of pyridine rings is 1. The van der Waals surface area contributed by atoms with Gasteiger partial charge in [-0.3, -0.25) is 0 Å². The average Bonchev–Trinajstić information content (AvgIpc) is 3.12. The van der Waals surface area contributed by atoms with Crippen LogP contribution in [0.3, 0.4) is 0 Å².